The molecular weight excluding hydrogens is 379 g/mol. The molecule has 2 amide bonds. The molecule has 1 aliphatic rings. The molecule has 7 heteroatoms. The summed E-state index contributed by atoms with van der Waals surface area (Å²) in [6, 6.07) is 4.40. The minimum absolute atomic E-state index is 0.00440. The number of likely N-dealkylation sites (tertiary alicyclic amines) is 1. The van der Waals surface area contributed by atoms with Crippen molar-refractivity contribution in [3.63, 3.8) is 0 Å². The minimum atomic E-state index is -0.559. The number of halogens is 2. The Kier molecular flexibility index (Phi) is 5.85. The zero-order valence-electron chi connectivity index (χ0n) is 14.1. The molecule has 5 nitrogen and oxygen atoms in total. The summed E-state index contributed by atoms with van der Waals surface area (Å²) in [4.78, 5) is 25.8. The molecule has 1 saturated heterocycles. The lowest BCUT2D eigenvalue weighted by Gasteiger charge is -2.22. The molecule has 1 heterocycles. The zero-order valence-corrected chi connectivity index (χ0v) is 15.7. The van der Waals surface area contributed by atoms with Crippen LogP contribution in [0, 0.1) is 5.82 Å². The second-order valence-electron chi connectivity index (χ2n) is 6.88. The van der Waals surface area contributed by atoms with Gasteiger partial charge in [0.25, 0.3) is 0 Å². The minimum Gasteiger partial charge on any atom is -0.444 e. The smallest absolute Gasteiger partial charge is 0.407 e. The highest BCUT2D eigenvalue weighted by molar-refractivity contribution is 9.10. The first kappa shape index (κ1) is 18.7. The van der Waals surface area contributed by atoms with Crippen LogP contribution in [0.25, 0.3) is 0 Å². The SMILES string of the molecule is CC(C)(C)OC(=O)N[C@@H]1CCN(C(=O)Cc2cc(Br)ccc2F)C1. The van der Waals surface area contributed by atoms with Crippen LogP contribution in [0.15, 0.2) is 22.7 Å². The van der Waals surface area contributed by atoms with Crippen LogP contribution >= 0.6 is 15.9 Å². The van der Waals surface area contributed by atoms with Crippen molar-refractivity contribution >= 4 is 27.9 Å². The summed E-state index contributed by atoms with van der Waals surface area (Å²) in [5.74, 6) is -0.547. The van der Waals surface area contributed by atoms with E-state index in [0.717, 1.165) is 4.47 Å². The summed E-state index contributed by atoms with van der Waals surface area (Å²) < 4.78 is 19.7. The van der Waals surface area contributed by atoms with Crippen molar-refractivity contribution in [1.82, 2.24) is 10.2 Å². The fourth-order valence-corrected chi connectivity index (χ4v) is 2.94. The van der Waals surface area contributed by atoms with E-state index in [1.165, 1.54) is 6.07 Å². The molecule has 2 rings (SSSR count). The Morgan fingerprint density at radius 2 is 2.12 bits per heavy atom. The largest absolute Gasteiger partial charge is 0.444 e. The number of alkyl carbamates (subject to hydrolysis) is 1. The van der Waals surface area contributed by atoms with Crippen molar-refractivity contribution in [3.8, 4) is 0 Å². The van der Waals surface area contributed by atoms with E-state index in [4.69, 9.17) is 4.74 Å². The Hall–Kier alpha value is -1.63. The van der Waals surface area contributed by atoms with Crippen LogP contribution in [0.1, 0.15) is 32.8 Å². The molecule has 1 N–H and O–H groups in total. The van der Waals surface area contributed by atoms with Crippen LogP contribution in [0.3, 0.4) is 0 Å². The first-order chi connectivity index (χ1) is 11.1. The van der Waals surface area contributed by atoms with E-state index in [-0.39, 0.29) is 18.4 Å². The first-order valence-corrected chi connectivity index (χ1v) is 8.64. The van der Waals surface area contributed by atoms with E-state index in [0.29, 0.717) is 25.1 Å². The van der Waals surface area contributed by atoms with Crippen molar-refractivity contribution < 1.29 is 18.7 Å². The van der Waals surface area contributed by atoms with Crippen LogP contribution in [-0.2, 0) is 16.0 Å². The van der Waals surface area contributed by atoms with Gasteiger partial charge in [-0.05, 0) is 51.0 Å². The van der Waals surface area contributed by atoms with E-state index < -0.39 is 17.5 Å². The van der Waals surface area contributed by atoms with E-state index in [1.807, 2.05) is 0 Å². The lowest BCUT2D eigenvalue weighted by atomic mass is 10.1. The number of rotatable bonds is 3. The first-order valence-electron chi connectivity index (χ1n) is 7.85. The van der Waals surface area contributed by atoms with Crippen molar-refractivity contribution in [2.75, 3.05) is 13.1 Å². The van der Waals surface area contributed by atoms with E-state index in [2.05, 4.69) is 21.2 Å². The fourth-order valence-electron chi connectivity index (χ4n) is 2.53. The van der Waals surface area contributed by atoms with Gasteiger partial charge in [-0.3, -0.25) is 4.79 Å². The zero-order chi connectivity index (χ0) is 17.9. The van der Waals surface area contributed by atoms with E-state index in [9.17, 15) is 14.0 Å². The highest BCUT2D eigenvalue weighted by Crippen LogP contribution is 2.18. The summed E-state index contributed by atoms with van der Waals surface area (Å²) in [6.45, 7) is 6.33. The monoisotopic (exact) mass is 400 g/mol. The number of carbonyl (C=O) groups excluding carboxylic acids is 2. The second kappa shape index (κ2) is 7.51. The Bertz CT molecular complexity index is 631. The highest BCUT2D eigenvalue weighted by atomic mass is 79.9. The number of ether oxygens (including phenoxy) is 1. The highest BCUT2D eigenvalue weighted by Gasteiger charge is 2.29. The van der Waals surface area contributed by atoms with E-state index >= 15 is 0 Å². The van der Waals surface area contributed by atoms with Crippen LogP contribution in [0.4, 0.5) is 9.18 Å². The van der Waals surface area contributed by atoms with Gasteiger partial charge in [-0.1, -0.05) is 15.9 Å². The maximum absolute atomic E-state index is 13.8. The molecule has 132 valence electrons. The lowest BCUT2D eigenvalue weighted by Crippen LogP contribution is -2.41. The van der Waals surface area contributed by atoms with E-state index in [1.54, 1.807) is 37.8 Å². The summed E-state index contributed by atoms with van der Waals surface area (Å²) >= 11 is 3.28. The molecule has 0 aromatic heterocycles. The standard InChI is InChI=1S/C17H22BrFN2O3/c1-17(2,3)24-16(23)20-13-6-7-21(10-13)15(22)9-11-8-12(18)4-5-14(11)19/h4-5,8,13H,6-7,9-10H2,1-3H3,(H,20,23)/t13-/m1/s1. The summed E-state index contributed by atoms with van der Waals surface area (Å²) in [5.41, 5.74) is -0.200. The molecule has 0 saturated carbocycles. The van der Waals surface area contributed by atoms with Crippen molar-refractivity contribution in [1.29, 1.82) is 0 Å². The molecule has 0 unspecified atom stereocenters. The van der Waals surface area contributed by atoms with Gasteiger partial charge in [0.1, 0.15) is 11.4 Å². The van der Waals surface area contributed by atoms with Gasteiger partial charge in [-0.15, -0.1) is 0 Å². The summed E-state index contributed by atoms with van der Waals surface area (Å²) in [7, 11) is 0. The predicted octanol–water partition coefficient (Wildman–Crippen LogP) is 3.26. The van der Waals surface area contributed by atoms with Crippen LogP contribution < -0.4 is 5.32 Å². The van der Waals surface area contributed by atoms with Gasteiger partial charge in [0.05, 0.1) is 12.5 Å². The summed E-state index contributed by atoms with van der Waals surface area (Å²) in [6.07, 6.45) is 0.177. The van der Waals surface area contributed by atoms with Gasteiger partial charge < -0.3 is 15.0 Å². The Labute approximate surface area is 149 Å². The van der Waals surface area contributed by atoms with Gasteiger partial charge in [-0.2, -0.15) is 0 Å². The van der Waals surface area contributed by atoms with Gasteiger partial charge in [0.2, 0.25) is 5.91 Å². The van der Waals surface area contributed by atoms with Crippen LogP contribution in [0.5, 0.6) is 0 Å². The molecule has 1 aliphatic heterocycles. The molecule has 1 fully saturated rings. The lowest BCUT2D eigenvalue weighted by molar-refractivity contribution is -0.129. The molecule has 1 aromatic carbocycles. The fraction of sp³-hybridized carbons (Fsp3) is 0.529. The number of hydrogen-bond acceptors (Lipinski definition) is 3. The number of nitrogens with zero attached hydrogens (tertiary/aromatic N) is 1. The number of carbonyl (C=O) groups is 2. The number of nitrogens with one attached hydrogen (secondary N) is 1. The maximum atomic E-state index is 13.8. The van der Waals surface area contributed by atoms with Crippen LogP contribution in [0.2, 0.25) is 0 Å². The molecule has 0 bridgehead atoms. The normalized spacial score (nSPS) is 17.7. The number of hydrogen-bond donors (Lipinski definition) is 1. The Balaban J connectivity index is 1.87. The quantitative estimate of drug-likeness (QED) is 0.846. The third-order valence-corrected chi connectivity index (χ3v) is 4.10. The topological polar surface area (TPSA) is 58.6 Å². The van der Waals surface area contributed by atoms with Crippen molar-refractivity contribution in [2.24, 2.45) is 0 Å². The molecule has 0 aliphatic carbocycles. The number of amides is 2. The predicted molar refractivity (Wildman–Crippen MR) is 92.2 cm³/mol. The third kappa shape index (κ3) is 5.47. The molecular formula is C17H22BrFN2O3. The molecule has 1 aromatic rings. The maximum Gasteiger partial charge on any atom is 0.407 e. The van der Waals surface area contributed by atoms with Crippen molar-refractivity contribution in [2.45, 2.75) is 45.3 Å². The van der Waals surface area contributed by atoms with Crippen LogP contribution in [-0.4, -0.2) is 41.6 Å². The Morgan fingerprint density at radius 1 is 1.42 bits per heavy atom. The molecule has 0 radical (unpaired) electrons. The molecule has 0 spiro atoms. The molecule has 24 heavy (non-hydrogen) atoms. The summed E-state index contributed by atoms with van der Waals surface area (Å²) in [5, 5.41) is 2.77. The van der Waals surface area contributed by atoms with Gasteiger partial charge >= 0.3 is 6.09 Å². The Morgan fingerprint density at radius 3 is 2.79 bits per heavy atom. The third-order valence-electron chi connectivity index (χ3n) is 3.61. The number of benzene rings is 1. The van der Waals surface area contributed by atoms with Gasteiger partial charge in [-0.25, -0.2) is 9.18 Å². The average Bonchev–Trinajstić information content (AvgIpc) is 2.89. The average molecular weight is 401 g/mol. The van der Waals surface area contributed by atoms with Gasteiger partial charge in [0, 0.05) is 17.6 Å². The van der Waals surface area contributed by atoms with Crippen molar-refractivity contribution in [3.05, 3.63) is 34.1 Å². The molecule has 1 atom stereocenters. The second-order valence-corrected chi connectivity index (χ2v) is 7.80. The van der Waals surface area contributed by atoms with Gasteiger partial charge in [0.15, 0.2) is 0 Å².